The van der Waals surface area contributed by atoms with Crippen molar-refractivity contribution in [2.75, 3.05) is 26.2 Å². The van der Waals surface area contributed by atoms with Gasteiger partial charge in [-0.15, -0.1) is 0 Å². The van der Waals surface area contributed by atoms with E-state index in [9.17, 15) is 9.59 Å². The fraction of sp³-hybridized carbons (Fsp3) is 0.524. The zero-order valence-corrected chi connectivity index (χ0v) is 15.9. The lowest BCUT2D eigenvalue weighted by molar-refractivity contribution is -0.123. The van der Waals surface area contributed by atoms with Crippen LogP contribution >= 0.6 is 0 Å². The molecule has 2 fully saturated rings. The molecule has 2 aromatic rings. The number of nitrogens with zero attached hydrogens (tertiary/aromatic N) is 2. The van der Waals surface area contributed by atoms with E-state index in [4.69, 9.17) is 0 Å². The largest absolute Gasteiger partial charge is 0.354 e. The minimum atomic E-state index is -0.0398. The van der Waals surface area contributed by atoms with E-state index in [-0.39, 0.29) is 17.9 Å². The molecular weight excluding hydrogens is 340 g/mol. The van der Waals surface area contributed by atoms with Crippen molar-refractivity contribution < 1.29 is 9.59 Å². The second kappa shape index (κ2) is 7.72. The fourth-order valence-electron chi connectivity index (χ4n) is 4.38. The molecule has 2 saturated heterocycles. The Bertz CT molecular complexity index is 838. The molecule has 1 aromatic carbocycles. The summed E-state index contributed by atoms with van der Waals surface area (Å²) in [6.45, 7) is 3.07. The summed E-state index contributed by atoms with van der Waals surface area (Å²) in [4.78, 5) is 27.3. The van der Waals surface area contributed by atoms with Gasteiger partial charge < -0.3 is 20.1 Å². The number of amides is 2. The average Bonchev–Trinajstić information content (AvgIpc) is 3.35. The topological polar surface area (TPSA) is 66.4 Å². The minimum absolute atomic E-state index is 0.0398. The van der Waals surface area contributed by atoms with Crippen molar-refractivity contribution in [1.82, 2.24) is 20.1 Å². The Morgan fingerprint density at radius 3 is 2.89 bits per heavy atom. The van der Waals surface area contributed by atoms with Crippen LogP contribution in [0.3, 0.4) is 0 Å². The van der Waals surface area contributed by atoms with Gasteiger partial charge in [-0.25, -0.2) is 0 Å². The number of piperidine rings is 1. The molecule has 2 atom stereocenters. The van der Waals surface area contributed by atoms with Gasteiger partial charge in [-0.05, 0) is 44.2 Å². The first-order valence-electron chi connectivity index (χ1n) is 9.98. The lowest BCUT2D eigenvalue weighted by Crippen LogP contribution is -2.46. The highest BCUT2D eigenvalue weighted by molar-refractivity contribution is 6.07. The number of carbonyl (C=O) groups is 2. The predicted octanol–water partition coefficient (Wildman–Crippen LogP) is 1.90. The molecule has 0 radical (unpaired) electrons. The third-order valence-corrected chi connectivity index (χ3v) is 5.88. The van der Waals surface area contributed by atoms with E-state index in [2.05, 4.69) is 10.6 Å². The van der Waals surface area contributed by atoms with Crippen molar-refractivity contribution in [1.29, 1.82) is 0 Å². The van der Waals surface area contributed by atoms with Crippen LogP contribution in [-0.4, -0.2) is 53.5 Å². The summed E-state index contributed by atoms with van der Waals surface area (Å²) in [5.41, 5.74) is 1.85. The lowest BCUT2D eigenvalue weighted by atomic mass is 9.97. The number of likely N-dealkylation sites (tertiary alicyclic amines) is 1. The van der Waals surface area contributed by atoms with E-state index >= 15 is 0 Å². The lowest BCUT2D eigenvalue weighted by Gasteiger charge is -2.33. The van der Waals surface area contributed by atoms with Gasteiger partial charge in [-0.1, -0.05) is 18.2 Å². The molecule has 6 heteroatoms. The van der Waals surface area contributed by atoms with Crippen molar-refractivity contribution in [2.24, 2.45) is 13.0 Å². The van der Waals surface area contributed by atoms with Crippen LogP contribution in [0.2, 0.25) is 0 Å². The number of carbonyl (C=O) groups excluding carboxylic acids is 2. The van der Waals surface area contributed by atoms with Gasteiger partial charge in [-0.2, -0.15) is 0 Å². The quantitative estimate of drug-likeness (QED) is 0.866. The molecule has 0 spiro atoms. The normalized spacial score (nSPS) is 22.9. The molecule has 6 nitrogen and oxygen atoms in total. The first kappa shape index (κ1) is 18.0. The first-order chi connectivity index (χ1) is 13.1. The van der Waals surface area contributed by atoms with Crippen molar-refractivity contribution >= 4 is 22.7 Å². The molecule has 144 valence electrons. The Morgan fingerprint density at radius 1 is 1.22 bits per heavy atom. The summed E-state index contributed by atoms with van der Waals surface area (Å²) in [5, 5.41) is 7.32. The maximum Gasteiger partial charge on any atom is 0.256 e. The Labute approximate surface area is 159 Å². The molecule has 2 amide bonds. The molecule has 2 aliphatic heterocycles. The third kappa shape index (κ3) is 3.72. The van der Waals surface area contributed by atoms with Gasteiger partial charge in [0.05, 0.1) is 11.6 Å². The van der Waals surface area contributed by atoms with Crippen LogP contribution in [0.5, 0.6) is 0 Å². The van der Waals surface area contributed by atoms with Crippen molar-refractivity contribution in [3.8, 4) is 0 Å². The van der Waals surface area contributed by atoms with Crippen LogP contribution in [0, 0.1) is 5.92 Å². The number of fused-ring (bicyclic) bond motifs is 1. The Kier molecular flexibility index (Phi) is 5.16. The highest BCUT2D eigenvalue weighted by atomic mass is 16.2. The van der Waals surface area contributed by atoms with E-state index < -0.39 is 0 Å². The Morgan fingerprint density at radius 2 is 2.07 bits per heavy atom. The zero-order chi connectivity index (χ0) is 18.8. The average molecular weight is 368 g/mol. The van der Waals surface area contributed by atoms with Crippen LogP contribution in [0.4, 0.5) is 0 Å². The molecule has 2 N–H and O–H groups in total. The molecule has 1 aromatic heterocycles. The monoisotopic (exact) mass is 368 g/mol. The second-order valence-corrected chi connectivity index (χ2v) is 7.82. The number of hydrogen-bond acceptors (Lipinski definition) is 3. The molecule has 0 unspecified atom stereocenters. The van der Waals surface area contributed by atoms with Gasteiger partial charge >= 0.3 is 0 Å². The van der Waals surface area contributed by atoms with Crippen molar-refractivity contribution in [2.45, 2.75) is 31.7 Å². The standard InChI is InChI=1S/C21H28N4O2/c1-24-14-17(16-7-2-3-9-19(16)24)21(27)25-11-5-6-15(13-25)12-23-20(26)18-8-4-10-22-18/h2-3,7,9,14-15,18,22H,4-6,8,10-13H2,1H3,(H,23,26)/t15-,18-/m0/s1. The number of benzene rings is 1. The van der Waals surface area contributed by atoms with Gasteiger partial charge in [0.2, 0.25) is 5.91 Å². The highest BCUT2D eigenvalue weighted by Gasteiger charge is 2.28. The summed E-state index contributed by atoms with van der Waals surface area (Å²) in [6, 6.07) is 7.98. The van der Waals surface area contributed by atoms with Crippen LogP contribution in [0.1, 0.15) is 36.0 Å². The van der Waals surface area contributed by atoms with Gasteiger partial charge in [-0.3, -0.25) is 9.59 Å². The van der Waals surface area contributed by atoms with Crippen LogP contribution in [0.25, 0.3) is 10.9 Å². The van der Waals surface area contributed by atoms with Gasteiger partial charge in [0, 0.05) is 43.8 Å². The number of aryl methyl sites for hydroxylation is 1. The highest BCUT2D eigenvalue weighted by Crippen LogP contribution is 2.24. The molecule has 0 aliphatic carbocycles. The summed E-state index contributed by atoms with van der Waals surface area (Å²) < 4.78 is 2.01. The maximum absolute atomic E-state index is 13.1. The smallest absolute Gasteiger partial charge is 0.256 e. The molecular formula is C21H28N4O2. The van der Waals surface area contributed by atoms with Crippen LogP contribution < -0.4 is 10.6 Å². The second-order valence-electron chi connectivity index (χ2n) is 7.82. The van der Waals surface area contributed by atoms with E-state index in [0.717, 1.165) is 55.2 Å². The number of rotatable bonds is 4. The van der Waals surface area contributed by atoms with Gasteiger partial charge in [0.15, 0.2) is 0 Å². The molecule has 3 heterocycles. The first-order valence-corrected chi connectivity index (χ1v) is 9.98. The molecule has 2 aliphatic rings. The SMILES string of the molecule is Cn1cc(C(=O)N2CCC[C@@H](CNC(=O)[C@@H]3CCCN3)C2)c2ccccc21. The van der Waals surface area contributed by atoms with Crippen molar-refractivity contribution in [3.05, 3.63) is 36.0 Å². The molecule has 4 rings (SSSR count). The van der Waals surface area contributed by atoms with E-state index in [1.165, 1.54) is 0 Å². The number of para-hydroxylation sites is 1. The predicted molar refractivity (Wildman–Crippen MR) is 106 cm³/mol. The van der Waals surface area contributed by atoms with Gasteiger partial charge in [0.1, 0.15) is 0 Å². The van der Waals surface area contributed by atoms with Crippen molar-refractivity contribution in [3.63, 3.8) is 0 Å². The summed E-state index contributed by atoms with van der Waals surface area (Å²) in [7, 11) is 1.98. The maximum atomic E-state index is 13.1. The summed E-state index contributed by atoms with van der Waals surface area (Å²) >= 11 is 0. The Hall–Kier alpha value is -2.34. The number of hydrogen-bond donors (Lipinski definition) is 2. The number of aromatic nitrogens is 1. The van der Waals surface area contributed by atoms with Crippen LogP contribution in [0.15, 0.2) is 30.5 Å². The molecule has 0 saturated carbocycles. The number of nitrogens with one attached hydrogen (secondary N) is 2. The van der Waals surface area contributed by atoms with E-state index in [1.54, 1.807) is 0 Å². The van der Waals surface area contributed by atoms with Crippen LogP contribution in [-0.2, 0) is 11.8 Å². The third-order valence-electron chi connectivity index (χ3n) is 5.88. The van der Waals surface area contributed by atoms with Gasteiger partial charge in [0.25, 0.3) is 5.91 Å². The zero-order valence-electron chi connectivity index (χ0n) is 15.9. The van der Waals surface area contributed by atoms with E-state index in [0.29, 0.717) is 19.0 Å². The summed E-state index contributed by atoms with van der Waals surface area (Å²) in [5.74, 6) is 0.522. The minimum Gasteiger partial charge on any atom is -0.354 e. The Balaban J connectivity index is 1.40. The van der Waals surface area contributed by atoms with E-state index in [1.807, 2.05) is 47.0 Å². The summed E-state index contributed by atoms with van der Waals surface area (Å²) in [6.07, 6.45) is 5.96. The molecule has 0 bridgehead atoms. The fourth-order valence-corrected chi connectivity index (χ4v) is 4.38. The molecule has 27 heavy (non-hydrogen) atoms.